The molecule has 0 amide bonds. The molecule has 1 aliphatic carbocycles. The van der Waals surface area contributed by atoms with E-state index in [-0.39, 0.29) is 5.82 Å². The third kappa shape index (κ3) is 1.78. The van der Waals surface area contributed by atoms with E-state index in [4.69, 9.17) is 5.73 Å². The molecule has 0 aliphatic heterocycles. The van der Waals surface area contributed by atoms with Crippen LogP contribution in [0.5, 0.6) is 0 Å². The van der Waals surface area contributed by atoms with Gasteiger partial charge in [0.25, 0.3) is 0 Å². The van der Waals surface area contributed by atoms with Gasteiger partial charge in [-0.05, 0) is 25.0 Å². The van der Waals surface area contributed by atoms with Crippen LogP contribution in [0.15, 0.2) is 30.5 Å². The van der Waals surface area contributed by atoms with Gasteiger partial charge in [-0.3, -0.25) is 0 Å². The van der Waals surface area contributed by atoms with Crippen LogP contribution in [0, 0.1) is 5.82 Å². The molecule has 4 nitrogen and oxygen atoms in total. The van der Waals surface area contributed by atoms with E-state index in [0.29, 0.717) is 17.1 Å². The van der Waals surface area contributed by atoms with Crippen molar-refractivity contribution in [1.29, 1.82) is 0 Å². The Labute approximate surface area is 97.7 Å². The van der Waals surface area contributed by atoms with E-state index in [0.717, 1.165) is 12.8 Å². The van der Waals surface area contributed by atoms with Crippen molar-refractivity contribution in [3.05, 3.63) is 42.1 Å². The second-order valence-corrected chi connectivity index (χ2v) is 4.30. The molecule has 86 valence electrons. The lowest BCUT2D eigenvalue weighted by Gasteiger charge is -2.07. The van der Waals surface area contributed by atoms with Crippen LogP contribution in [0.25, 0.3) is 11.3 Å². The predicted molar refractivity (Wildman–Crippen MR) is 60.3 cm³/mol. The first-order chi connectivity index (χ1) is 8.19. The van der Waals surface area contributed by atoms with Gasteiger partial charge in [-0.25, -0.2) is 9.37 Å². The monoisotopic (exact) mass is 230 g/mol. The maximum atomic E-state index is 13.6. The minimum atomic E-state index is -0.450. The number of rotatable bonds is 2. The van der Waals surface area contributed by atoms with Crippen molar-refractivity contribution in [2.45, 2.75) is 18.4 Å². The molecule has 0 radical (unpaired) electrons. The average Bonchev–Trinajstić information content (AvgIpc) is 3.10. The second-order valence-electron chi connectivity index (χ2n) is 4.30. The van der Waals surface area contributed by atoms with Crippen LogP contribution in [0.3, 0.4) is 0 Å². The molecule has 0 bridgehead atoms. The molecule has 1 fully saturated rings. The highest BCUT2D eigenvalue weighted by molar-refractivity contribution is 5.58. The molecule has 17 heavy (non-hydrogen) atoms. The van der Waals surface area contributed by atoms with Gasteiger partial charge in [-0.1, -0.05) is 12.1 Å². The van der Waals surface area contributed by atoms with Gasteiger partial charge in [0, 0.05) is 5.56 Å². The van der Waals surface area contributed by atoms with Crippen molar-refractivity contribution >= 4 is 0 Å². The minimum absolute atomic E-state index is 0.319. The van der Waals surface area contributed by atoms with Gasteiger partial charge in [0.05, 0.1) is 17.4 Å². The smallest absolute Gasteiger partial charge is 0.171 e. The molecule has 1 saturated carbocycles. The Morgan fingerprint density at radius 1 is 1.24 bits per heavy atom. The van der Waals surface area contributed by atoms with E-state index in [1.54, 1.807) is 18.2 Å². The second kappa shape index (κ2) is 3.56. The van der Waals surface area contributed by atoms with Gasteiger partial charge in [-0.2, -0.15) is 5.10 Å². The lowest BCUT2D eigenvalue weighted by atomic mass is 10.1. The summed E-state index contributed by atoms with van der Waals surface area (Å²) >= 11 is 0. The van der Waals surface area contributed by atoms with Crippen LogP contribution >= 0.6 is 0 Å². The topological polar surface area (TPSA) is 64.7 Å². The van der Waals surface area contributed by atoms with Crippen molar-refractivity contribution in [1.82, 2.24) is 15.2 Å². The molecule has 0 atom stereocenters. The highest BCUT2D eigenvalue weighted by Gasteiger charge is 2.43. The summed E-state index contributed by atoms with van der Waals surface area (Å²) in [5.74, 6) is 0.180. The summed E-state index contributed by atoms with van der Waals surface area (Å²) in [6, 6.07) is 6.46. The van der Waals surface area contributed by atoms with Gasteiger partial charge >= 0.3 is 0 Å². The van der Waals surface area contributed by atoms with Crippen LogP contribution in [0.1, 0.15) is 18.7 Å². The molecule has 2 aromatic rings. The van der Waals surface area contributed by atoms with Crippen LogP contribution in [-0.2, 0) is 5.54 Å². The number of nitrogens with two attached hydrogens (primary N) is 1. The molecule has 0 saturated heterocycles. The Balaban J connectivity index is 2.07. The van der Waals surface area contributed by atoms with E-state index >= 15 is 0 Å². The molecule has 2 N–H and O–H groups in total. The molecular weight excluding hydrogens is 219 g/mol. The number of benzene rings is 1. The fourth-order valence-electron chi connectivity index (χ4n) is 1.67. The third-order valence-electron chi connectivity index (χ3n) is 2.94. The van der Waals surface area contributed by atoms with E-state index in [2.05, 4.69) is 15.2 Å². The van der Waals surface area contributed by atoms with Gasteiger partial charge in [0.2, 0.25) is 0 Å². The van der Waals surface area contributed by atoms with Crippen LogP contribution in [-0.4, -0.2) is 15.2 Å². The summed E-state index contributed by atoms with van der Waals surface area (Å²) < 4.78 is 13.6. The number of nitrogens with zero attached hydrogens (tertiary/aromatic N) is 3. The Hall–Kier alpha value is -1.88. The first-order valence-corrected chi connectivity index (χ1v) is 5.43. The highest BCUT2D eigenvalue weighted by Crippen LogP contribution is 2.40. The maximum absolute atomic E-state index is 13.6. The van der Waals surface area contributed by atoms with Crippen molar-refractivity contribution in [2.24, 2.45) is 5.73 Å². The van der Waals surface area contributed by atoms with Crippen molar-refractivity contribution in [2.75, 3.05) is 0 Å². The quantitative estimate of drug-likeness (QED) is 0.851. The first kappa shape index (κ1) is 10.3. The Kier molecular flexibility index (Phi) is 2.16. The standard InChI is InChI=1S/C12H11FN4/c13-9-4-2-1-3-8(9)10-7-15-17-11(16-10)12(14)5-6-12/h1-4,7H,5-6,14H2. The zero-order chi connectivity index (χ0) is 11.9. The van der Waals surface area contributed by atoms with Crippen LogP contribution < -0.4 is 5.73 Å². The summed E-state index contributed by atoms with van der Waals surface area (Å²) in [4.78, 5) is 4.30. The summed E-state index contributed by atoms with van der Waals surface area (Å²) in [5, 5.41) is 7.77. The lowest BCUT2D eigenvalue weighted by Crippen LogP contribution is -2.22. The van der Waals surface area contributed by atoms with Crippen LogP contribution in [0.2, 0.25) is 0 Å². The van der Waals surface area contributed by atoms with Crippen molar-refractivity contribution in [3.8, 4) is 11.3 Å². The number of hydrogen-bond acceptors (Lipinski definition) is 4. The maximum Gasteiger partial charge on any atom is 0.171 e. The van der Waals surface area contributed by atoms with Gasteiger partial charge < -0.3 is 5.73 Å². The Bertz CT molecular complexity index is 566. The number of hydrogen-bond donors (Lipinski definition) is 1. The highest BCUT2D eigenvalue weighted by atomic mass is 19.1. The number of aromatic nitrogens is 3. The summed E-state index contributed by atoms with van der Waals surface area (Å²) in [6.07, 6.45) is 3.17. The first-order valence-electron chi connectivity index (χ1n) is 5.43. The summed E-state index contributed by atoms with van der Waals surface area (Å²) in [7, 11) is 0. The zero-order valence-corrected chi connectivity index (χ0v) is 9.10. The molecule has 1 aliphatic rings. The average molecular weight is 230 g/mol. The number of halogens is 1. The third-order valence-corrected chi connectivity index (χ3v) is 2.94. The molecular formula is C12H11FN4. The SMILES string of the molecule is NC1(c2nncc(-c3ccccc3F)n2)CC1. The molecule has 1 aromatic heterocycles. The molecule has 1 aromatic carbocycles. The fraction of sp³-hybridized carbons (Fsp3) is 0.250. The zero-order valence-electron chi connectivity index (χ0n) is 9.10. The van der Waals surface area contributed by atoms with Gasteiger partial charge in [0.1, 0.15) is 5.82 Å². The van der Waals surface area contributed by atoms with E-state index in [1.165, 1.54) is 12.3 Å². The molecule has 5 heteroatoms. The molecule has 0 spiro atoms. The van der Waals surface area contributed by atoms with Crippen LogP contribution in [0.4, 0.5) is 4.39 Å². The fourth-order valence-corrected chi connectivity index (χ4v) is 1.67. The molecule has 3 rings (SSSR count). The Morgan fingerprint density at radius 3 is 2.71 bits per heavy atom. The summed E-state index contributed by atoms with van der Waals surface area (Å²) in [6.45, 7) is 0. The Morgan fingerprint density at radius 2 is 2.00 bits per heavy atom. The lowest BCUT2D eigenvalue weighted by molar-refractivity contribution is 0.626. The van der Waals surface area contributed by atoms with E-state index in [9.17, 15) is 4.39 Å². The largest absolute Gasteiger partial charge is 0.319 e. The van der Waals surface area contributed by atoms with Gasteiger partial charge in [0.15, 0.2) is 5.82 Å². The van der Waals surface area contributed by atoms with Crippen molar-refractivity contribution in [3.63, 3.8) is 0 Å². The van der Waals surface area contributed by atoms with Crippen molar-refractivity contribution < 1.29 is 4.39 Å². The summed E-state index contributed by atoms with van der Waals surface area (Å²) in [5.41, 5.74) is 6.44. The van der Waals surface area contributed by atoms with E-state index < -0.39 is 5.54 Å². The normalized spacial score (nSPS) is 16.8. The van der Waals surface area contributed by atoms with Gasteiger partial charge in [-0.15, -0.1) is 5.10 Å². The van der Waals surface area contributed by atoms with E-state index in [1.807, 2.05) is 0 Å². The molecule has 0 unspecified atom stereocenters. The minimum Gasteiger partial charge on any atom is -0.319 e. The molecule has 1 heterocycles. The predicted octanol–water partition coefficient (Wildman–Crippen LogP) is 1.63.